The van der Waals surface area contributed by atoms with Gasteiger partial charge in [-0.15, -0.1) is 24.0 Å². The van der Waals surface area contributed by atoms with Crippen LogP contribution in [0.3, 0.4) is 0 Å². The Kier molecular flexibility index (Phi) is 10.4. The van der Waals surface area contributed by atoms with Crippen molar-refractivity contribution < 1.29 is 9.18 Å². The highest BCUT2D eigenvalue weighted by Gasteiger charge is 2.21. The number of hydrogen-bond acceptors (Lipinski definition) is 3. The molecule has 8 heteroatoms. The van der Waals surface area contributed by atoms with E-state index in [2.05, 4.69) is 27.4 Å². The summed E-state index contributed by atoms with van der Waals surface area (Å²) in [5.74, 6) is 0.410. The SMILES string of the molecule is CCCNC(=NCC(=O)N(C)C)NC1CCCN(c2cccc(F)c2)C1.I. The van der Waals surface area contributed by atoms with E-state index in [1.807, 2.05) is 6.07 Å². The highest BCUT2D eigenvalue weighted by Crippen LogP contribution is 2.20. The summed E-state index contributed by atoms with van der Waals surface area (Å²) >= 11 is 0. The van der Waals surface area contributed by atoms with Crippen molar-refractivity contribution >= 4 is 41.5 Å². The maximum atomic E-state index is 13.5. The molecule has 1 unspecified atom stereocenters. The van der Waals surface area contributed by atoms with E-state index in [9.17, 15) is 9.18 Å². The van der Waals surface area contributed by atoms with Crippen LogP contribution in [0.1, 0.15) is 26.2 Å². The summed E-state index contributed by atoms with van der Waals surface area (Å²) in [6, 6.07) is 6.91. The van der Waals surface area contributed by atoms with Gasteiger partial charge >= 0.3 is 0 Å². The van der Waals surface area contributed by atoms with Gasteiger partial charge in [-0.1, -0.05) is 13.0 Å². The largest absolute Gasteiger partial charge is 0.369 e. The minimum absolute atomic E-state index is 0. The third kappa shape index (κ3) is 7.90. The van der Waals surface area contributed by atoms with Crippen LogP contribution in [0.15, 0.2) is 29.3 Å². The molecule has 0 spiro atoms. The van der Waals surface area contributed by atoms with E-state index in [0.717, 1.165) is 44.6 Å². The maximum absolute atomic E-state index is 13.5. The van der Waals surface area contributed by atoms with Gasteiger partial charge < -0.3 is 20.4 Å². The number of aliphatic imine (C=N–C) groups is 1. The first-order chi connectivity index (χ1) is 12.5. The van der Waals surface area contributed by atoms with Crippen molar-refractivity contribution in [1.82, 2.24) is 15.5 Å². The number of piperidine rings is 1. The molecule has 0 aliphatic carbocycles. The number of amides is 1. The number of carbonyl (C=O) groups is 1. The quantitative estimate of drug-likeness (QED) is 0.365. The number of guanidine groups is 1. The highest BCUT2D eigenvalue weighted by atomic mass is 127. The molecule has 1 atom stereocenters. The molecule has 1 heterocycles. The Bertz CT molecular complexity index is 626. The molecule has 0 saturated carbocycles. The summed E-state index contributed by atoms with van der Waals surface area (Å²) in [5.41, 5.74) is 0.902. The second-order valence-corrected chi connectivity index (χ2v) is 6.79. The standard InChI is InChI=1S/C19H30FN5O.HI/c1-4-10-21-19(22-13-18(26)24(2)3)23-16-8-6-11-25(14-16)17-9-5-7-15(20)12-17;/h5,7,9,12,16H,4,6,8,10-11,13-14H2,1-3H3,(H2,21,22,23);1H. The van der Waals surface area contributed by atoms with Crippen LogP contribution in [-0.2, 0) is 4.79 Å². The molecule has 1 amide bonds. The zero-order valence-corrected chi connectivity index (χ0v) is 18.7. The van der Waals surface area contributed by atoms with Crippen LogP contribution < -0.4 is 15.5 Å². The van der Waals surface area contributed by atoms with Gasteiger partial charge in [-0.05, 0) is 37.5 Å². The van der Waals surface area contributed by atoms with E-state index in [0.29, 0.717) is 5.96 Å². The Balaban J connectivity index is 0.00000364. The summed E-state index contributed by atoms with van der Waals surface area (Å²) in [6.45, 7) is 4.68. The zero-order chi connectivity index (χ0) is 18.9. The predicted molar refractivity (Wildman–Crippen MR) is 119 cm³/mol. The van der Waals surface area contributed by atoms with Crippen LogP contribution in [0.5, 0.6) is 0 Å². The average molecular weight is 491 g/mol. The number of carbonyl (C=O) groups excluding carboxylic acids is 1. The lowest BCUT2D eigenvalue weighted by Gasteiger charge is -2.35. The Morgan fingerprint density at radius 2 is 2.19 bits per heavy atom. The summed E-state index contributed by atoms with van der Waals surface area (Å²) in [5, 5.41) is 6.70. The molecular formula is C19H31FIN5O. The van der Waals surface area contributed by atoms with Gasteiger partial charge in [0.15, 0.2) is 5.96 Å². The molecule has 1 aromatic rings. The van der Waals surface area contributed by atoms with Crippen LogP contribution >= 0.6 is 24.0 Å². The van der Waals surface area contributed by atoms with Crippen LogP contribution in [0.4, 0.5) is 10.1 Å². The molecule has 152 valence electrons. The Morgan fingerprint density at radius 3 is 2.85 bits per heavy atom. The highest BCUT2D eigenvalue weighted by molar-refractivity contribution is 14.0. The zero-order valence-electron chi connectivity index (χ0n) is 16.4. The van der Waals surface area contributed by atoms with E-state index < -0.39 is 0 Å². The topological polar surface area (TPSA) is 60.0 Å². The minimum Gasteiger partial charge on any atom is -0.369 e. The summed E-state index contributed by atoms with van der Waals surface area (Å²) in [4.78, 5) is 19.9. The van der Waals surface area contributed by atoms with Gasteiger partial charge in [0.2, 0.25) is 5.91 Å². The van der Waals surface area contributed by atoms with Gasteiger partial charge in [-0.3, -0.25) is 4.79 Å². The molecule has 0 aromatic heterocycles. The monoisotopic (exact) mass is 491 g/mol. The summed E-state index contributed by atoms with van der Waals surface area (Å²) in [7, 11) is 3.45. The fourth-order valence-corrected chi connectivity index (χ4v) is 2.88. The molecule has 6 nitrogen and oxygen atoms in total. The van der Waals surface area contributed by atoms with Crippen molar-refractivity contribution in [2.45, 2.75) is 32.2 Å². The first kappa shape index (κ1) is 23.5. The third-order valence-electron chi connectivity index (χ3n) is 4.35. The Morgan fingerprint density at radius 1 is 1.41 bits per heavy atom. The van der Waals surface area contributed by atoms with Gasteiger partial charge in [0.25, 0.3) is 0 Å². The number of nitrogens with zero attached hydrogens (tertiary/aromatic N) is 3. The minimum atomic E-state index is -0.216. The molecule has 1 saturated heterocycles. The smallest absolute Gasteiger partial charge is 0.243 e. The molecule has 1 aliphatic heterocycles. The normalized spacial score (nSPS) is 17.1. The average Bonchev–Trinajstić information content (AvgIpc) is 2.63. The van der Waals surface area contributed by atoms with Gasteiger partial charge in [0.1, 0.15) is 12.4 Å². The van der Waals surface area contributed by atoms with E-state index in [-0.39, 0.29) is 48.3 Å². The van der Waals surface area contributed by atoms with E-state index in [4.69, 9.17) is 0 Å². The predicted octanol–water partition coefficient (Wildman–Crippen LogP) is 2.45. The molecule has 2 N–H and O–H groups in total. The lowest BCUT2D eigenvalue weighted by atomic mass is 10.0. The van der Waals surface area contributed by atoms with Crippen molar-refractivity contribution in [1.29, 1.82) is 0 Å². The third-order valence-corrected chi connectivity index (χ3v) is 4.35. The summed E-state index contributed by atoms with van der Waals surface area (Å²) in [6.07, 6.45) is 3.01. The van der Waals surface area contributed by atoms with Crippen molar-refractivity contribution in [2.75, 3.05) is 45.2 Å². The maximum Gasteiger partial charge on any atom is 0.243 e. The van der Waals surface area contributed by atoms with Crippen LogP contribution in [0, 0.1) is 5.82 Å². The van der Waals surface area contributed by atoms with E-state index in [1.165, 1.54) is 11.0 Å². The summed E-state index contributed by atoms with van der Waals surface area (Å²) < 4.78 is 13.5. The number of hydrogen-bond donors (Lipinski definition) is 2. The van der Waals surface area contributed by atoms with Gasteiger partial charge in [0.05, 0.1) is 0 Å². The second-order valence-electron chi connectivity index (χ2n) is 6.79. The Hall–Kier alpha value is -1.58. The fraction of sp³-hybridized carbons (Fsp3) is 0.579. The lowest BCUT2D eigenvalue weighted by Crippen LogP contribution is -2.51. The number of nitrogens with one attached hydrogen (secondary N) is 2. The van der Waals surface area contributed by atoms with Gasteiger partial charge in [-0.2, -0.15) is 0 Å². The molecule has 1 aromatic carbocycles. The number of likely N-dealkylation sites (N-methyl/N-ethyl adjacent to an activating group) is 1. The van der Waals surface area contributed by atoms with Crippen molar-refractivity contribution in [3.8, 4) is 0 Å². The van der Waals surface area contributed by atoms with E-state index >= 15 is 0 Å². The number of rotatable bonds is 6. The van der Waals surface area contributed by atoms with Gasteiger partial charge in [-0.25, -0.2) is 9.38 Å². The molecule has 27 heavy (non-hydrogen) atoms. The number of halogens is 2. The fourth-order valence-electron chi connectivity index (χ4n) is 2.88. The molecule has 1 fully saturated rings. The van der Waals surface area contributed by atoms with Crippen LogP contribution in [0.25, 0.3) is 0 Å². The second kappa shape index (κ2) is 12.0. The van der Waals surface area contributed by atoms with Gasteiger partial charge in [0, 0.05) is 45.5 Å². The molecule has 0 bridgehead atoms. The molecule has 2 rings (SSSR count). The van der Waals surface area contributed by atoms with Crippen molar-refractivity contribution in [3.63, 3.8) is 0 Å². The van der Waals surface area contributed by atoms with Crippen LogP contribution in [-0.4, -0.2) is 63.1 Å². The first-order valence-electron chi connectivity index (χ1n) is 9.25. The van der Waals surface area contributed by atoms with Crippen LogP contribution in [0.2, 0.25) is 0 Å². The van der Waals surface area contributed by atoms with Crippen molar-refractivity contribution in [3.05, 3.63) is 30.1 Å². The number of anilines is 1. The number of benzene rings is 1. The molecular weight excluding hydrogens is 460 g/mol. The Labute approximate surface area is 178 Å². The lowest BCUT2D eigenvalue weighted by molar-refractivity contribution is -0.127. The molecule has 1 aliphatic rings. The molecule has 0 radical (unpaired) electrons. The van der Waals surface area contributed by atoms with Crippen molar-refractivity contribution in [2.24, 2.45) is 4.99 Å². The van der Waals surface area contributed by atoms with E-state index in [1.54, 1.807) is 26.2 Å². The first-order valence-corrected chi connectivity index (χ1v) is 9.25.